The minimum atomic E-state index is 0.144. The average Bonchev–Trinajstić information content (AvgIpc) is 2.60. The lowest BCUT2D eigenvalue weighted by Crippen LogP contribution is -2.59. The van der Waals surface area contributed by atoms with Gasteiger partial charge >= 0.3 is 6.03 Å². The summed E-state index contributed by atoms with van der Waals surface area (Å²) in [4.78, 5) is 30.8. The molecule has 3 rings (SSSR count). The van der Waals surface area contributed by atoms with Crippen LogP contribution in [-0.4, -0.2) is 92.2 Å². The number of piperidine rings is 2. The Labute approximate surface area is 137 Å². The number of likely N-dealkylation sites (tertiary alicyclic amines) is 2. The number of urea groups is 1. The van der Waals surface area contributed by atoms with Gasteiger partial charge in [-0.2, -0.15) is 0 Å². The standard InChI is InChI=1S/C16H28N4O3/c1-17-5-7-20-14-4-6-19(12-13(14)2-3-15(20)21)16(22)18-8-10-23-11-9-18/h13-14,17H,2-12H2,1H3/t13-,14+/m0/s1. The van der Waals surface area contributed by atoms with Gasteiger partial charge in [0, 0.05) is 51.7 Å². The lowest BCUT2D eigenvalue weighted by Gasteiger charge is -2.48. The van der Waals surface area contributed by atoms with Gasteiger partial charge in [-0.15, -0.1) is 0 Å². The molecular weight excluding hydrogens is 296 g/mol. The van der Waals surface area contributed by atoms with Gasteiger partial charge in [0.25, 0.3) is 0 Å². The highest BCUT2D eigenvalue weighted by Gasteiger charge is 2.40. The molecule has 0 bridgehead atoms. The first-order chi connectivity index (χ1) is 11.2. The van der Waals surface area contributed by atoms with E-state index in [0.29, 0.717) is 44.7 Å². The van der Waals surface area contributed by atoms with Crippen molar-refractivity contribution in [2.45, 2.75) is 25.3 Å². The topological polar surface area (TPSA) is 65.1 Å². The quantitative estimate of drug-likeness (QED) is 0.792. The van der Waals surface area contributed by atoms with Gasteiger partial charge in [-0.25, -0.2) is 4.79 Å². The number of likely N-dealkylation sites (N-methyl/N-ethyl adjacent to an activating group) is 1. The largest absolute Gasteiger partial charge is 0.378 e. The highest BCUT2D eigenvalue weighted by molar-refractivity contribution is 5.78. The van der Waals surface area contributed by atoms with E-state index in [9.17, 15) is 9.59 Å². The van der Waals surface area contributed by atoms with Crippen LogP contribution in [0.25, 0.3) is 0 Å². The molecule has 3 fully saturated rings. The number of hydrogen-bond donors (Lipinski definition) is 1. The van der Waals surface area contributed by atoms with Crippen LogP contribution in [0.3, 0.4) is 0 Å². The molecule has 7 heteroatoms. The third-order valence-corrected chi connectivity index (χ3v) is 5.30. The van der Waals surface area contributed by atoms with Crippen LogP contribution in [0, 0.1) is 5.92 Å². The SMILES string of the molecule is CNCCN1C(=O)CC[C@H]2CN(C(=O)N3CCOCC3)CC[C@H]21. The summed E-state index contributed by atoms with van der Waals surface area (Å²) in [6.07, 6.45) is 2.42. The maximum Gasteiger partial charge on any atom is 0.320 e. The van der Waals surface area contributed by atoms with E-state index in [-0.39, 0.29) is 11.9 Å². The van der Waals surface area contributed by atoms with E-state index in [0.717, 1.165) is 39.0 Å². The molecule has 0 aromatic rings. The van der Waals surface area contributed by atoms with Crippen LogP contribution in [0.5, 0.6) is 0 Å². The minimum Gasteiger partial charge on any atom is -0.378 e. The predicted octanol–water partition coefficient (Wildman–Crippen LogP) is -0.0291. The van der Waals surface area contributed by atoms with E-state index >= 15 is 0 Å². The number of nitrogens with one attached hydrogen (secondary N) is 1. The van der Waals surface area contributed by atoms with Crippen LogP contribution < -0.4 is 5.32 Å². The third-order valence-electron chi connectivity index (χ3n) is 5.30. The van der Waals surface area contributed by atoms with Crippen LogP contribution >= 0.6 is 0 Å². The molecule has 3 aliphatic rings. The van der Waals surface area contributed by atoms with E-state index in [1.54, 1.807) is 0 Å². The van der Waals surface area contributed by atoms with Crippen molar-refractivity contribution in [2.75, 3.05) is 59.5 Å². The molecule has 0 aromatic carbocycles. The summed E-state index contributed by atoms with van der Waals surface area (Å²) in [5, 5.41) is 3.12. The normalized spacial score (nSPS) is 28.7. The molecule has 3 aliphatic heterocycles. The number of carbonyl (C=O) groups excluding carboxylic acids is 2. The maximum atomic E-state index is 12.7. The first-order valence-corrected chi connectivity index (χ1v) is 8.76. The lowest BCUT2D eigenvalue weighted by molar-refractivity contribution is -0.140. The van der Waals surface area contributed by atoms with Gasteiger partial charge in [0.2, 0.25) is 5.91 Å². The van der Waals surface area contributed by atoms with Crippen molar-refractivity contribution in [2.24, 2.45) is 5.92 Å². The first kappa shape index (κ1) is 16.5. The predicted molar refractivity (Wildman–Crippen MR) is 86.1 cm³/mol. The monoisotopic (exact) mass is 324 g/mol. The fraction of sp³-hybridized carbons (Fsp3) is 0.875. The summed E-state index contributed by atoms with van der Waals surface area (Å²) in [5.74, 6) is 0.692. The van der Waals surface area contributed by atoms with Gasteiger partial charge in [-0.1, -0.05) is 0 Å². The Kier molecular flexibility index (Phi) is 5.38. The summed E-state index contributed by atoms with van der Waals surface area (Å²) in [5.41, 5.74) is 0. The highest BCUT2D eigenvalue weighted by Crippen LogP contribution is 2.31. The number of hydrogen-bond acceptors (Lipinski definition) is 4. The Balaban J connectivity index is 1.59. The summed E-state index contributed by atoms with van der Waals surface area (Å²) < 4.78 is 5.32. The molecule has 1 N–H and O–H groups in total. The molecule has 3 saturated heterocycles. The molecule has 130 valence electrons. The second-order valence-electron chi connectivity index (χ2n) is 6.67. The van der Waals surface area contributed by atoms with E-state index in [4.69, 9.17) is 4.74 Å². The minimum absolute atomic E-state index is 0.144. The average molecular weight is 324 g/mol. The Morgan fingerprint density at radius 3 is 2.74 bits per heavy atom. The Bertz CT molecular complexity index is 439. The van der Waals surface area contributed by atoms with E-state index in [1.165, 1.54) is 0 Å². The molecule has 23 heavy (non-hydrogen) atoms. The van der Waals surface area contributed by atoms with Crippen molar-refractivity contribution in [3.8, 4) is 0 Å². The van der Waals surface area contributed by atoms with Gasteiger partial charge in [0.15, 0.2) is 0 Å². The molecule has 7 nitrogen and oxygen atoms in total. The molecule has 0 saturated carbocycles. The zero-order valence-electron chi connectivity index (χ0n) is 14.0. The van der Waals surface area contributed by atoms with Gasteiger partial charge in [-0.05, 0) is 25.8 Å². The molecule has 0 aromatic heterocycles. The number of amides is 3. The molecular formula is C16H28N4O3. The van der Waals surface area contributed by atoms with E-state index < -0.39 is 0 Å². The fourth-order valence-electron chi connectivity index (χ4n) is 4.00. The third kappa shape index (κ3) is 3.61. The molecule has 0 aliphatic carbocycles. The zero-order valence-corrected chi connectivity index (χ0v) is 14.0. The van der Waals surface area contributed by atoms with Crippen LogP contribution in [-0.2, 0) is 9.53 Å². The van der Waals surface area contributed by atoms with E-state index in [2.05, 4.69) is 5.32 Å². The zero-order chi connectivity index (χ0) is 16.2. The van der Waals surface area contributed by atoms with Crippen molar-refractivity contribution < 1.29 is 14.3 Å². The maximum absolute atomic E-state index is 12.7. The first-order valence-electron chi connectivity index (χ1n) is 8.76. The summed E-state index contributed by atoms with van der Waals surface area (Å²) in [7, 11) is 1.91. The highest BCUT2D eigenvalue weighted by atomic mass is 16.5. The van der Waals surface area contributed by atoms with Gasteiger partial charge in [-0.3, -0.25) is 4.79 Å². The van der Waals surface area contributed by atoms with Crippen molar-refractivity contribution >= 4 is 11.9 Å². The second-order valence-corrected chi connectivity index (χ2v) is 6.67. The lowest BCUT2D eigenvalue weighted by atomic mass is 9.83. The molecule has 3 amide bonds. The van der Waals surface area contributed by atoms with Gasteiger partial charge in [0.05, 0.1) is 13.2 Å². The summed E-state index contributed by atoms with van der Waals surface area (Å²) in [6.45, 7) is 5.78. The number of morpholine rings is 1. The molecule has 0 spiro atoms. The van der Waals surface area contributed by atoms with Crippen LogP contribution in [0.4, 0.5) is 4.79 Å². The van der Waals surface area contributed by atoms with Crippen molar-refractivity contribution in [1.82, 2.24) is 20.0 Å². The fourth-order valence-corrected chi connectivity index (χ4v) is 4.00. The van der Waals surface area contributed by atoms with Crippen LogP contribution in [0.15, 0.2) is 0 Å². The van der Waals surface area contributed by atoms with Crippen molar-refractivity contribution in [3.63, 3.8) is 0 Å². The number of nitrogens with zero attached hydrogens (tertiary/aromatic N) is 3. The number of fused-ring (bicyclic) bond motifs is 1. The molecule has 3 heterocycles. The second kappa shape index (κ2) is 7.49. The molecule has 0 unspecified atom stereocenters. The van der Waals surface area contributed by atoms with Crippen molar-refractivity contribution in [3.05, 3.63) is 0 Å². The summed E-state index contributed by atoms with van der Waals surface area (Å²) in [6, 6.07) is 0.448. The van der Waals surface area contributed by atoms with Crippen molar-refractivity contribution in [1.29, 1.82) is 0 Å². The Morgan fingerprint density at radius 2 is 2.00 bits per heavy atom. The number of carbonyl (C=O) groups is 2. The Morgan fingerprint density at radius 1 is 1.22 bits per heavy atom. The van der Waals surface area contributed by atoms with Gasteiger partial charge in [0.1, 0.15) is 0 Å². The number of ether oxygens (including phenoxy) is 1. The van der Waals surface area contributed by atoms with Crippen LogP contribution in [0.1, 0.15) is 19.3 Å². The van der Waals surface area contributed by atoms with Gasteiger partial charge < -0.3 is 24.8 Å². The van der Waals surface area contributed by atoms with E-state index in [1.807, 2.05) is 21.7 Å². The van der Waals surface area contributed by atoms with Crippen LogP contribution in [0.2, 0.25) is 0 Å². The molecule has 2 atom stereocenters. The number of rotatable bonds is 3. The Hall–Kier alpha value is -1.34. The summed E-state index contributed by atoms with van der Waals surface area (Å²) >= 11 is 0. The molecule has 0 radical (unpaired) electrons. The smallest absolute Gasteiger partial charge is 0.320 e.